The van der Waals surface area contributed by atoms with Crippen molar-refractivity contribution in [2.45, 2.75) is 52.2 Å². The number of fused-ring (bicyclic) bond motifs is 1. The van der Waals surface area contributed by atoms with Crippen LogP contribution >= 0.6 is 22.7 Å². The molecule has 2 aromatic heterocycles. The highest BCUT2D eigenvalue weighted by Gasteiger charge is 2.24. The van der Waals surface area contributed by atoms with Gasteiger partial charge in [0.05, 0.1) is 22.1 Å². The lowest BCUT2D eigenvalue weighted by atomic mass is 10.1. The Balaban J connectivity index is 1.64. The van der Waals surface area contributed by atoms with Gasteiger partial charge < -0.3 is 9.47 Å². The largest absolute Gasteiger partial charge is 0.347 e. The molecule has 0 amide bonds. The number of rotatable bonds is 6. The van der Waals surface area contributed by atoms with E-state index in [9.17, 15) is 0 Å². The van der Waals surface area contributed by atoms with Crippen LogP contribution in [0.3, 0.4) is 0 Å². The average Bonchev–Trinajstić information content (AvgIpc) is 3.06. The Morgan fingerprint density at radius 3 is 2.57 bits per heavy atom. The van der Waals surface area contributed by atoms with E-state index in [2.05, 4.69) is 26.0 Å². The molecule has 0 aliphatic carbocycles. The van der Waals surface area contributed by atoms with Crippen LogP contribution < -0.4 is 0 Å². The summed E-state index contributed by atoms with van der Waals surface area (Å²) in [7, 11) is 0. The quantitative estimate of drug-likeness (QED) is 0.628. The lowest BCUT2D eigenvalue weighted by molar-refractivity contribution is -0.203. The van der Waals surface area contributed by atoms with E-state index in [1.165, 1.54) is 44.8 Å². The van der Waals surface area contributed by atoms with Gasteiger partial charge in [0.1, 0.15) is 0 Å². The number of thiophene rings is 2. The molecule has 4 heteroatoms. The van der Waals surface area contributed by atoms with Crippen LogP contribution in [0.4, 0.5) is 0 Å². The van der Waals surface area contributed by atoms with Crippen molar-refractivity contribution in [3.05, 3.63) is 21.9 Å². The molecule has 21 heavy (non-hydrogen) atoms. The maximum atomic E-state index is 5.87. The molecule has 2 nitrogen and oxygen atoms in total. The zero-order chi connectivity index (χ0) is 14.7. The Morgan fingerprint density at radius 1 is 1.10 bits per heavy atom. The number of hydrogen-bond acceptors (Lipinski definition) is 4. The van der Waals surface area contributed by atoms with Crippen LogP contribution in [-0.4, -0.2) is 13.2 Å². The van der Waals surface area contributed by atoms with E-state index in [4.69, 9.17) is 9.47 Å². The Kier molecular flexibility index (Phi) is 5.33. The van der Waals surface area contributed by atoms with Crippen LogP contribution in [0.2, 0.25) is 0 Å². The second kappa shape index (κ2) is 7.23. The molecule has 0 spiro atoms. The van der Waals surface area contributed by atoms with Crippen molar-refractivity contribution in [3.63, 3.8) is 0 Å². The van der Waals surface area contributed by atoms with Crippen molar-refractivity contribution in [1.29, 1.82) is 0 Å². The summed E-state index contributed by atoms with van der Waals surface area (Å²) in [5.41, 5.74) is 0. The topological polar surface area (TPSA) is 18.5 Å². The van der Waals surface area contributed by atoms with E-state index in [1.54, 1.807) is 0 Å². The first-order valence-corrected chi connectivity index (χ1v) is 9.68. The van der Waals surface area contributed by atoms with Crippen LogP contribution in [-0.2, 0) is 15.9 Å². The first-order chi connectivity index (χ1) is 10.3. The molecule has 116 valence electrons. The smallest absolute Gasteiger partial charge is 0.193 e. The Hall–Kier alpha value is -0.420. The van der Waals surface area contributed by atoms with Gasteiger partial charge in [-0.1, -0.05) is 26.7 Å². The van der Waals surface area contributed by atoms with Crippen molar-refractivity contribution in [2.24, 2.45) is 5.92 Å². The molecule has 0 aromatic carbocycles. The van der Waals surface area contributed by atoms with Gasteiger partial charge in [-0.05, 0) is 31.4 Å². The average molecular weight is 325 g/mol. The summed E-state index contributed by atoms with van der Waals surface area (Å²) >= 11 is 3.79. The zero-order valence-corrected chi connectivity index (χ0v) is 14.5. The first kappa shape index (κ1) is 15.5. The summed E-state index contributed by atoms with van der Waals surface area (Å²) in [6.07, 6.45) is 6.15. The van der Waals surface area contributed by atoms with Gasteiger partial charge in [-0.15, -0.1) is 22.7 Å². The lowest BCUT2D eigenvalue weighted by Gasteiger charge is -2.28. The summed E-state index contributed by atoms with van der Waals surface area (Å²) in [6.45, 7) is 6.11. The molecule has 1 fully saturated rings. The van der Waals surface area contributed by atoms with Gasteiger partial charge in [0.25, 0.3) is 0 Å². The summed E-state index contributed by atoms with van der Waals surface area (Å²) in [6, 6.07) is 4.62. The van der Waals surface area contributed by atoms with Crippen molar-refractivity contribution >= 4 is 32.1 Å². The molecule has 1 aliphatic heterocycles. The number of ether oxygens (including phenoxy) is 2. The fourth-order valence-electron chi connectivity index (χ4n) is 2.64. The maximum Gasteiger partial charge on any atom is 0.193 e. The predicted octanol–water partition coefficient (Wildman–Crippen LogP) is 5.77. The van der Waals surface area contributed by atoms with E-state index in [-0.39, 0.29) is 6.29 Å². The molecule has 1 saturated heterocycles. The minimum Gasteiger partial charge on any atom is -0.347 e. The lowest BCUT2D eigenvalue weighted by Crippen LogP contribution is -2.26. The third-order valence-electron chi connectivity index (χ3n) is 4.09. The summed E-state index contributed by atoms with van der Waals surface area (Å²) in [5.74, 6) is 0.562. The van der Waals surface area contributed by atoms with Gasteiger partial charge in [0.2, 0.25) is 0 Å². The predicted molar refractivity (Wildman–Crippen MR) is 91.4 cm³/mol. The number of unbranched alkanes of at least 4 members (excludes halogenated alkanes) is 2. The van der Waals surface area contributed by atoms with E-state index < -0.39 is 0 Å². The molecular formula is C17H24O2S2. The fraction of sp³-hybridized carbons (Fsp3) is 0.647. The van der Waals surface area contributed by atoms with Gasteiger partial charge in [-0.3, -0.25) is 0 Å². The monoisotopic (exact) mass is 324 g/mol. The zero-order valence-electron chi connectivity index (χ0n) is 12.9. The van der Waals surface area contributed by atoms with Crippen LogP contribution in [0, 0.1) is 5.92 Å². The van der Waals surface area contributed by atoms with Gasteiger partial charge in [-0.25, -0.2) is 0 Å². The highest BCUT2D eigenvalue weighted by atomic mass is 32.2. The second-order valence-corrected chi connectivity index (χ2v) is 8.31. The summed E-state index contributed by atoms with van der Waals surface area (Å²) in [4.78, 5) is 2.75. The molecule has 0 radical (unpaired) electrons. The van der Waals surface area contributed by atoms with Crippen LogP contribution in [0.5, 0.6) is 0 Å². The fourth-order valence-corrected chi connectivity index (χ4v) is 5.19. The van der Waals surface area contributed by atoms with Crippen LogP contribution in [0.25, 0.3) is 9.40 Å². The standard InChI is InChI=1S/C17H24O2S2/c1-3-5-6-7-14-8-13-9-15(21-17(13)20-14)16-18-10-12(4-2)11-19-16/h8-9,12,16H,3-7,10-11H2,1-2H3. The molecule has 0 atom stereocenters. The van der Waals surface area contributed by atoms with Gasteiger partial charge in [-0.2, -0.15) is 0 Å². The van der Waals surface area contributed by atoms with Gasteiger partial charge >= 0.3 is 0 Å². The van der Waals surface area contributed by atoms with Gasteiger partial charge in [0, 0.05) is 16.2 Å². The van der Waals surface area contributed by atoms with E-state index >= 15 is 0 Å². The third kappa shape index (κ3) is 3.67. The molecule has 0 N–H and O–H groups in total. The Bertz CT molecular complexity index is 533. The normalized spacial score (nSPS) is 23.0. The van der Waals surface area contributed by atoms with E-state index in [1.807, 2.05) is 22.7 Å². The second-order valence-electron chi connectivity index (χ2n) is 5.83. The molecule has 3 heterocycles. The number of hydrogen-bond donors (Lipinski definition) is 0. The number of aryl methyl sites for hydroxylation is 1. The highest BCUT2D eigenvalue weighted by Crippen LogP contribution is 2.39. The van der Waals surface area contributed by atoms with E-state index in [0.29, 0.717) is 5.92 Å². The Labute approximate surface area is 135 Å². The first-order valence-electron chi connectivity index (χ1n) is 8.05. The summed E-state index contributed by atoms with van der Waals surface area (Å²) in [5, 5.41) is 1.37. The van der Waals surface area contributed by atoms with Crippen molar-refractivity contribution in [1.82, 2.24) is 0 Å². The van der Waals surface area contributed by atoms with Crippen LogP contribution in [0.1, 0.15) is 55.6 Å². The maximum absolute atomic E-state index is 5.87. The molecule has 0 unspecified atom stereocenters. The molecule has 1 aliphatic rings. The SMILES string of the molecule is CCCCCc1cc2cc(C3OCC(CC)CO3)sc2s1. The highest BCUT2D eigenvalue weighted by molar-refractivity contribution is 7.38. The van der Waals surface area contributed by atoms with Crippen molar-refractivity contribution in [3.8, 4) is 0 Å². The van der Waals surface area contributed by atoms with Crippen molar-refractivity contribution < 1.29 is 9.47 Å². The summed E-state index contributed by atoms with van der Waals surface area (Å²) < 4.78 is 13.2. The molecule has 2 aromatic rings. The minimum atomic E-state index is -0.138. The molecule has 0 saturated carbocycles. The molecule has 3 rings (SSSR count). The van der Waals surface area contributed by atoms with Crippen molar-refractivity contribution in [2.75, 3.05) is 13.2 Å². The van der Waals surface area contributed by atoms with Crippen LogP contribution in [0.15, 0.2) is 12.1 Å². The molecule has 0 bridgehead atoms. The minimum absolute atomic E-state index is 0.138. The van der Waals surface area contributed by atoms with Gasteiger partial charge in [0.15, 0.2) is 6.29 Å². The molecular weight excluding hydrogens is 300 g/mol. The Morgan fingerprint density at radius 2 is 1.90 bits per heavy atom. The third-order valence-corrected chi connectivity index (χ3v) is 6.56. The van der Waals surface area contributed by atoms with E-state index in [0.717, 1.165) is 19.6 Å².